The maximum absolute atomic E-state index is 12.9. The first-order valence-corrected chi connectivity index (χ1v) is 12.6. The summed E-state index contributed by atoms with van der Waals surface area (Å²) in [6.45, 7) is 2.34. The first kappa shape index (κ1) is 22.5. The van der Waals surface area contributed by atoms with Crippen molar-refractivity contribution in [2.45, 2.75) is 37.1 Å². The third-order valence-electron chi connectivity index (χ3n) is 6.31. The van der Waals surface area contributed by atoms with Gasteiger partial charge in [-0.15, -0.1) is 0 Å². The summed E-state index contributed by atoms with van der Waals surface area (Å²) in [4.78, 5) is 40.1. The van der Waals surface area contributed by atoms with Crippen LogP contribution in [0, 0.1) is 0 Å². The summed E-state index contributed by atoms with van der Waals surface area (Å²) in [5, 5.41) is 3.38. The number of rotatable bonds is 6. The minimum absolute atomic E-state index is 0.0504. The van der Waals surface area contributed by atoms with Crippen molar-refractivity contribution < 1.29 is 18.0 Å². The Balaban J connectivity index is 1.52. The topological polar surface area (TPSA) is 106 Å². The first-order chi connectivity index (χ1) is 15.0. The van der Waals surface area contributed by atoms with E-state index >= 15 is 0 Å². The summed E-state index contributed by atoms with van der Waals surface area (Å²) in [6.07, 6.45) is 2.27. The van der Waals surface area contributed by atoms with Crippen LogP contribution in [-0.2, 0) is 16.4 Å². The van der Waals surface area contributed by atoms with Gasteiger partial charge in [-0.25, -0.2) is 8.42 Å². The Hall–Kier alpha value is -2.65. The van der Waals surface area contributed by atoms with Crippen molar-refractivity contribution in [3.05, 3.63) is 68.6 Å². The Morgan fingerprint density at radius 3 is 2.38 bits per heavy atom. The lowest BCUT2D eigenvalue weighted by Gasteiger charge is -2.32. The average Bonchev–Trinajstić information content (AvgIpc) is 3.52. The van der Waals surface area contributed by atoms with Crippen LogP contribution in [0.4, 0.5) is 0 Å². The molecule has 2 aliphatic rings. The van der Waals surface area contributed by atoms with Gasteiger partial charge in [-0.2, -0.15) is 0 Å². The van der Waals surface area contributed by atoms with E-state index in [1.165, 1.54) is 27.9 Å². The third-order valence-corrected chi connectivity index (χ3v) is 8.67. The zero-order chi connectivity index (χ0) is 23.3. The first-order valence-electron chi connectivity index (χ1n) is 10.3. The van der Waals surface area contributed by atoms with Crippen LogP contribution in [0.5, 0.6) is 0 Å². The minimum atomic E-state index is -3.28. The number of hydrogen-bond acceptors (Lipinski definition) is 5. The quantitative estimate of drug-likeness (QED) is 0.685. The Morgan fingerprint density at radius 1 is 1.12 bits per heavy atom. The third kappa shape index (κ3) is 4.06. The summed E-state index contributed by atoms with van der Waals surface area (Å²) < 4.78 is 24.6. The number of nitrogens with zero attached hydrogens (tertiary/aromatic N) is 2. The monoisotopic (exact) mass is 477 g/mol. The van der Waals surface area contributed by atoms with E-state index in [1.54, 1.807) is 31.2 Å². The van der Waals surface area contributed by atoms with Crippen molar-refractivity contribution in [1.29, 1.82) is 0 Å². The molecule has 0 spiro atoms. The largest absolute Gasteiger partial charge is 0.345 e. The van der Waals surface area contributed by atoms with Gasteiger partial charge in [0.15, 0.2) is 9.84 Å². The fourth-order valence-corrected chi connectivity index (χ4v) is 5.40. The van der Waals surface area contributed by atoms with Gasteiger partial charge in [0.25, 0.3) is 17.4 Å². The minimum Gasteiger partial charge on any atom is -0.345 e. The highest BCUT2D eigenvalue weighted by Gasteiger charge is 2.54. The van der Waals surface area contributed by atoms with Gasteiger partial charge in [-0.05, 0) is 49.6 Å². The number of hydrogen-bond donors (Lipinski definition) is 1. The number of pyridine rings is 1. The van der Waals surface area contributed by atoms with E-state index in [4.69, 9.17) is 11.6 Å². The highest BCUT2D eigenvalue weighted by Crippen LogP contribution is 2.44. The van der Waals surface area contributed by atoms with Crippen LogP contribution in [-0.4, -0.2) is 53.8 Å². The molecule has 2 amide bonds. The SMILES string of the molecule is C[C@H](NC(=O)c1ccc2n(c1=O)CCN(CC1(S(C)(=O)=O)CC1)C2=O)c1ccc(Cl)cc1. The van der Waals surface area contributed by atoms with Crippen LogP contribution in [0.3, 0.4) is 0 Å². The molecule has 8 nitrogen and oxygen atoms in total. The smallest absolute Gasteiger partial charge is 0.270 e. The zero-order valence-corrected chi connectivity index (χ0v) is 19.4. The van der Waals surface area contributed by atoms with Gasteiger partial charge >= 0.3 is 0 Å². The molecular weight excluding hydrogens is 454 g/mol. The molecule has 0 radical (unpaired) electrons. The molecule has 170 valence electrons. The molecule has 1 fully saturated rings. The highest BCUT2D eigenvalue weighted by atomic mass is 35.5. The van der Waals surface area contributed by atoms with Crippen molar-refractivity contribution in [1.82, 2.24) is 14.8 Å². The Bertz CT molecular complexity index is 1250. The Labute approximate surface area is 191 Å². The van der Waals surface area contributed by atoms with Crippen LogP contribution in [0.15, 0.2) is 41.2 Å². The molecule has 1 aliphatic carbocycles. The number of benzene rings is 1. The summed E-state index contributed by atoms with van der Waals surface area (Å²) in [7, 11) is -3.28. The molecule has 1 saturated carbocycles. The fraction of sp³-hybridized carbons (Fsp3) is 0.409. The van der Waals surface area contributed by atoms with Gasteiger partial charge in [-0.3, -0.25) is 14.4 Å². The second kappa shape index (κ2) is 8.04. The summed E-state index contributed by atoms with van der Waals surface area (Å²) in [5.74, 6) is -0.929. The lowest BCUT2D eigenvalue weighted by atomic mass is 10.1. The highest BCUT2D eigenvalue weighted by molar-refractivity contribution is 7.92. The molecule has 1 aromatic heterocycles. The molecule has 32 heavy (non-hydrogen) atoms. The molecule has 4 rings (SSSR count). The van der Waals surface area contributed by atoms with Crippen molar-refractivity contribution in [2.24, 2.45) is 0 Å². The lowest BCUT2D eigenvalue weighted by molar-refractivity contribution is 0.0695. The number of aromatic nitrogens is 1. The fourth-order valence-electron chi connectivity index (χ4n) is 4.04. The van der Waals surface area contributed by atoms with E-state index in [-0.39, 0.29) is 36.9 Å². The molecule has 2 heterocycles. The average molecular weight is 478 g/mol. The lowest BCUT2D eigenvalue weighted by Crippen LogP contribution is -2.49. The molecule has 0 unspecified atom stereocenters. The molecule has 2 aromatic rings. The molecule has 0 saturated heterocycles. The maximum atomic E-state index is 12.9. The predicted octanol–water partition coefficient (Wildman–Crippen LogP) is 2.03. The van der Waals surface area contributed by atoms with E-state index < -0.39 is 32.0 Å². The molecule has 10 heteroatoms. The number of amides is 2. The van der Waals surface area contributed by atoms with Crippen molar-refractivity contribution in [3.63, 3.8) is 0 Å². The molecule has 1 aliphatic heterocycles. The van der Waals surface area contributed by atoms with Gasteiger partial charge in [0.05, 0.1) is 10.8 Å². The number of carbonyl (C=O) groups is 2. The molecular formula is C22H24ClN3O5S. The van der Waals surface area contributed by atoms with Crippen LogP contribution in [0.2, 0.25) is 5.02 Å². The van der Waals surface area contributed by atoms with E-state index in [1.807, 2.05) is 0 Å². The van der Waals surface area contributed by atoms with Gasteiger partial charge in [-0.1, -0.05) is 23.7 Å². The summed E-state index contributed by atoms with van der Waals surface area (Å²) in [6, 6.07) is 9.50. The van der Waals surface area contributed by atoms with Crippen LogP contribution >= 0.6 is 11.6 Å². The molecule has 1 N–H and O–H groups in total. The summed E-state index contributed by atoms with van der Waals surface area (Å²) >= 11 is 5.90. The van der Waals surface area contributed by atoms with Gasteiger partial charge in [0.1, 0.15) is 11.3 Å². The van der Waals surface area contributed by atoms with Gasteiger partial charge in [0, 0.05) is 30.9 Å². The second-order valence-electron chi connectivity index (χ2n) is 8.52. The Kier molecular flexibility index (Phi) is 5.67. The van der Waals surface area contributed by atoms with Gasteiger partial charge < -0.3 is 14.8 Å². The maximum Gasteiger partial charge on any atom is 0.270 e. The Morgan fingerprint density at radius 2 is 1.78 bits per heavy atom. The predicted molar refractivity (Wildman–Crippen MR) is 121 cm³/mol. The van der Waals surface area contributed by atoms with E-state index in [0.29, 0.717) is 17.9 Å². The van der Waals surface area contributed by atoms with Gasteiger partial charge in [0.2, 0.25) is 0 Å². The molecule has 1 aromatic carbocycles. The normalized spacial score (nSPS) is 18.1. The van der Waals surface area contributed by atoms with Crippen molar-refractivity contribution >= 4 is 33.3 Å². The van der Waals surface area contributed by atoms with Crippen LogP contribution in [0.25, 0.3) is 0 Å². The van der Waals surface area contributed by atoms with Crippen LogP contribution < -0.4 is 10.9 Å². The summed E-state index contributed by atoms with van der Waals surface area (Å²) in [5.41, 5.74) is 0.408. The van der Waals surface area contributed by atoms with Crippen molar-refractivity contribution in [2.75, 3.05) is 19.3 Å². The number of sulfone groups is 1. The van der Waals surface area contributed by atoms with E-state index in [9.17, 15) is 22.8 Å². The van der Waals surface area contributed by atoms with Crippen molar-refractivity contribution in [3.8, 4) is 0 Å². The second-order valence-corrected chi connectivity index (χ2v) is 11.4. The molecule has 1 atom stereocenters. The van der Waals surface area contributed by atoms with Crippen LogP contribution in [0.1, 0.15) is 52.2 Å². The number of carbonyl (C=O) groups excluding carboxylic acids is 2. The molecule has 0 bridgehead atoms. The van der Waals surface area contributed by atoms with E-state index in [2.05, 4.69) is 5.32 Å². The zero-order valence-electron chi connectivity index (χ0n) is 17.8. The number of halogens is 1. The number of fused-ring (bicyclic) bond motifs is 1. The standard InChI is InChI=1S/C22H24ClN3O5S/c1-14(15-3-5-16(23)6-4-15)24-19(27)17-7-8-18-21(29)25(11-12-26(18)20(17)28)13-22(9-10-22)32(2,30)31/h3-8,14H,9-13H2,1-2H3,(H,24,27)/t14-/m0/s1. The number of nitrogens with one attached hydrogen (secondary N) is 1. The van der Waals surface area contributed by atoms with E-state index in [0.717, 1.165) is 5.56 Å².